The van der Waals surface area contributed by atoms with E-state index in [1.54, 1.807) is 7.11 Å². The van der Waals surface area contributed by atoms with Gasteiger partial charge in [-0.1, -0.05) is 13.0 Å². The van der Waals surface area contributed by atoms with Crippen molar-refractivity contribution in [2.24, 2.45) is 5.92 Å². The lowest BCUT2D eigenvalue weighted by atomic mass is 10.1. The third-order valence-corrected chi connectivity index (χ3v) is 3.63. The molecule has 3 heteroatoms. The van der Waals surface area contributed by atoms with Gasteiger partial charge in [-0.2, -0.15) is 0 Å². The summed E-state index contributed by atoms with van der Waals surface area (Å²) in [4.78, 5) is 2.52. The average Bonchev–Trinajstić information content (AvgIpc) is 2.76. The van der Waals surface area contributed by atoms with Gasteiger partial charge in [0.15, 0.2) is 0 Å². The smallest absolute Gasteiger partial charge is 0.123 e. The van der Waals surface area contributed by atoms with Crippen LogP contribution < -0.4 is 10.1 Å². The van der Waals surface area contributed by atoms with Crippen molar-refractivity contribution >= 4 is 0 Å². The molecule has 2 rings (SSSR count). The van der Waals surface area contributed by atoms with E-state index in [2.05, 4.69) is 35.3 Å². The number of nitrogens with zero attached hydrogens (tertiary/aromatic N) is 1. The third kappa shape index (κ3) is 3.24. The van der Waals surface area contributed by atoms with Crippen LogP contribution in [-0.2, 0) is 13.1 Å². The molecule has 1 aliphatic rings. The van der Waals surface area contributed by atoms with Crippen molar-refractivity contribution in [3.8, 4) is 5.75 Å². The van der Waals surface area contributed by atoms with Gasteiger partial charge < -0.3 is 10.1 Å². The minimum Gasteiger partial charge on any atom is -0.496 e. The molecule has 1 saturated heterocycles. The molecule has 1 fully saturated rings. The van der Waals surface area contributed by atoms with Crippen LogP contribution in [0.5, 0.6) is 5.75 Å². The van der Waals surface area contributed by atoms with Crippen LogP contribution in [0.1, 0.15) is 24.5 Å². The first-order valence-electron chi connectivity index (χ1n) is 6.75. The summed E-state index contributed by atoms with van der Waals surface area (Å²) in [5.74, 6) is 1.84. The fourth-order valence-electron chi connectivity index (χ4n) is 2.68. The van der Waals surface area contributed by atoms with Gasteiger partial charge in [-0.15, -0.1) is 0 Å². The van der Waals surface area contributed by atoms with Gasteiger partial charge in [0.05, 0.1) is 7.11 Å². The second-order valence-electron chi connectivity index (χ2n) is 5.31. The molecule has 1 atom stereocenters. The number of hydrogen-bond acceptors (Lipinski definition) is 3. The summed E-state index contributed by atoms with van der Waals surface area (Å²) in [7, 11) is 3.73. The molecule has 0 saturated carbocycles. The molecular weight excluding hydrogens is 224 g/mol. The Hall–Kier alpha value is -1.06. The van der Waals surface area contributed by atoms with Crippen LogP contribution in [0.2, 0.25) is 0 Å². The van der Waals surface area contributed by atoms with Gasteiger partial charge in [0.1, 0.15) is 5.75 Å². The standard InChI is InChI=1S/C15H24N2O/c1-12-6-7-17(10-12)11-14-8-13(9-16-2)4-5-15(14)18-3/h4-5,8,12,16H,6-7,9-11H2,1-3H3. The van der Waals surface area contributed by atoms with E-state index in [4.69, 9.17) is 4.74 Å². The van der Waals surface area contributed by atoms with Gasteiger partial charge in [0, 0.05) is 25.2 Å². The Balaban J connectivity index is 2.11. The minimum absolute atomic E-state index is 0.830. The van der Waals surface area contributed by atoms with E-state index in [1.165, 1.54) is 30.6 Å². The predicted molar refractivity (Wildman–Crippen MR) is 74.8 cm³/mol. The SMILES string of the molecule is CNCc1ccc(OC)c(CN2CCC(C)C2)c1. The van der Waals surface area contributed by atoms with Crippen LogP contribution in [-0.4, -0.2) is 32.1 Å². The summed E-state index contributed by atoms with van der Waals surface area (Å²) in [5, 5.41) is 3.19. The maximum atomic E-state index is 5.47. The highest BCUT2D eigenvalue weighted by Gasteiger charge is 2.19. The molecule has 0 amide bonds. The van der Waals surface area contributed by atoms with Crippen molar-refractivity contribution in [2.75, 3.05) is 27.2 Å². The fraction of sp³-hybridized carbons (Fsp3) is 0.600. The number of benzene rings is 1. The lowest BCUT2D eigenvalue weighted by Crippen LogP contribution is -2.20. The monoisotopic (exact) mass is 248 g/mol. The number of ether oxygens (including phenoxy) is 1. The Morgan fingerprint density at radius 3 is 2.89 bits per heavy atom. The highest BCUT2D eigenvalue weighted by molar-refractivity contribution is 5.37. The maximum absolute atomic E-state index is 5.47. The van der Waals surface area contributed by atoms with Gasteiger partial charge in [0.25, 0.3) is 0 Å². The number of hydrogen-bond donors (Lipinski definition) is 1. The van der Waals surface area contributed by atoms with E-state index in [0.29, 0.717) is 0 Å². The zero-order chi connectivity index (χ0) is 13.0. The zero-order valence-electron chi connectivity index (χ0n) is 11.7. The molecule has 1 aromatic rings. The van der Waals surface area contributed by atoms with Gasteiger partial charge in [-0.05, 0) is 43.6 Å². The largest absolute Gasteiger partial charge is 0.496 e. The first kappa shape index (κ1) is 13.4. The van der Waals surface area contributed by atoms with Crippen molar-refractivity contribution in [1.29, 1.82) is 0 Å². The van der Waals surface area contributed by atoms with Crippen LogP contribution in [0.3, 0.4) is 0 Å². The summed E-state index contributed by atoms with van der Waals surface area (Å²) < 4.78 is 5.47. The minimum atomic E-state index is 0.830. The molecule has 18 heavy (non-hydrogen) atoms. The number of nitrogens with one attached hydrogen (secondary N) is 1. The van der Waals surface area contributed by atoms with E-state index in [9.17, 15) is 0 Å². The summed E-state index contributed by atoms with van der Waals surface area (Å²) in [6.45, 7) is 6.66. The summed E-state index contributed by atoms with van der Waals surface area (Å²) in [6.07, 6.45) is 1.32. The molecule has 0 spiro atoms. The Kier molecular flexibility index (Phi) is 4.61. The van der Waals surface area contributed by atoms with Crippen LogP contribution in [0, 0.1) is 5.92 Å². The van der Waals surface area contributed by atoms with Crippen LogP contribution in [0.25, 0.3) is 0 Å². The lowest BCUT2D eigenvalue weighted by molar-refractivity contribution is 0.311. The molecule has 0 bridgehead atoms. The zero-order valence-corrected chi connectivity index (χ0v) is 11.7. The topological polar surface area (TPSA) is 24.5 Å². The average molecular weight is 248 g/mol. The van der Waals surface area contributed by atoms with Gasteiger partial charge in [0.2, 0.25) is 0 Å². The van der Waals surface area contributed by atoms with E-state index in [0.717, 1.165) is 24.8 Å². The van der Waals surface area contributed by atoms with E-state index >= 15 is 0 Å². The van der Waals surface area contributed by atoms with Gasteiger partial charge in [-0.3, -0.25) is 4.90 Å². The Labute approximate surface area is 110 Å². The first-order valence-corrected chi connectivity index (χ1v) is 6.75. The highest BCUT2D eigenvalue weighted by Crippen LogP contribution is 2.24. The fourth-order valence-corrected chi connectivity index (χ4v) is 2.68. The van der Waals surface area contributed by atoms with Gasteiger partial charge >= 0.3 is 0 Å². The molecule has 0 aliphatic carbocycles. The Morgan fingerprint density at radius 2 is 2.28 bits per heavy atom. The van der Waals surface area contributed by atoms with Crippen LogP contribution in [0.4, 0.5) is 0 Å². The van der Waals surface area contributed by atoms with E-state index in [-0.39, 0.29) is 0 Å². The second kappa shape index (κ2) is 6.21. The molecule has 0 aromatic heterocycles. The summed E-state index contributed by atoms with van der Waals surface area (Å²) >= 11 is 0. The van der Waals surface area contributed by atoms with Crippen molar-refractivity contribution < 1.29 is 4.74 Å². The summed E-state index contributed by atoms with van der Waals surface area (Å²) in [6, 6.07) is 6.48. The van der Waals surface area contributed by atoms with E-state index in [1.807, 2.05) is 7.05 Å². The predicted octanol–water partition coefficient (Wildman–Crippen LogP) is 2.26. The van der Waals surface area contributed by atoms with Crippen LogP contribution in [0.15, 0.2) is 18.2 Å². The number of methoxy groups -OCH3 is 1. The lowest BCUT2D eigenvalue weighted by Gasteiger charge is -2.18. The molecule has 1 unspecified atom stereocenters. The second-order valence-corrected chi connectivity index (χ2v) is 5.31. The molecule has 3 nitrogen and oxygen atoms in total. The maximum Gasteiger partial charge on any atom is 0.123 e. The van der Waals surface area contributed by atoms with E-state index < -0.39 is 0 Å². The highest BCUT2D eigenvalue weighted by atomic mass is 16.5. The molecule has 1 aliphatic heterocycles. The normalized spacial score (nSPS) is 20.3. The molecule has 1 N–H and O–H groups in total. The molecular formula is C15H24N2O. The van der Waals surface area contributed by atoms with Gasteiger partial charge in [-0.25, -0.2) is 0 Å². The molecule has 1 heterocycles. The molecule has 100 valence electrons. The molecule has 1 aromatic carbocycles. The van der Waals surface area contributed by atoms with Crippen LogP contribution >= 0.6 is 0 Å². The van der Waals surface area contributed by atoms with Crippen molar-refractivity contribution in [1.82, 2.24) is 10.2 Å². The first-order chi connectivity index (χ1) is 8.72. The van der Waals surface area contributed by atoms with Crippen molar-refractivity contribution in [3.63, 3.8) is 0 Å². The quantitative estimate of drug-likeness (QED) is 0.865. The van der Waals surface area contributed by atoms with Crippen molar-refractivity contribution in [2.45, 2.75) is 26.4 Å². The summed E-state index contributed by atoms with van der Waals surface area (Å²) in [5.41, 5.74) is 2.62. The van der Waals surface area contributed by atoms with Crippen molar-refractivity contribution in [3.05, 3.63) is 29.3 Å². The number of likely N-dealkylation sites (tertiary alicyclic amines) is 1. The number of rotatable bonds is 5. The Bertz CT molecular complexity index is 392. The third-order valence-electron chi connectivity index (χ3n) is 3.63. The molecule has 0 radical (unpaired) electrons. The Morgan fingerprint density at radius 1 is 1.44 bits per heavy atom.